The largest absolute Gasteiger partial charge is 0.416 e. The predicted octanol–water partition coefficient (Wildman–Crippen LogP) is 4.21. The number of anilines is 1. The quantitative estimate of drug-likeness (QED) is 0.529. The molecular formula is C20H17F3N4O. The molecule has 0 aliphatic carbocycles. The third-order valence-electron chi connectivity index (χ3n) is 4.89. The van der Waals surface area contributed by atoms with E-state index in [1.807, 2.05) is 35.9 Å². The molecule has 4 rings (SSSR count). The van der Waals surface area contributed by atoms with Gasteiger partial charge in [0.2, 0.25) is 5.91 Å². The maximum atomic E-state index is 13.0. The van der Waals surface area contributed by atoms with E-state index in [1.165, 1.54) is 24.1 Å². The minimum Gasteiger partial charge on any atom is -0.328 e. The van der Waals surface area contributed by atoms with Crippen molar-refractivity contribution >= 4 is 33.5 Å². The van der Waals surface area contributed by atoms with Crippen LogP contribution in [0.1, 0.15) is 5.56 Å². The fraction of sp³-hybridized carbons (Fsp3) is 0.200. The van der Waals surface area contributed by atoms with Gasteiger partial charge in [0.25, 0.3) is 0 Å². The van der Waals surface area contributed by atoms with Gasteiger partial charge in [0.15, 0.2) is 0 Å². The zero-order valence-corrected chi connectivity index (χ0v) is 15.2. The minimum absolute atomic E-state index is 0.0115. The van der Waals surface area contributed by atoms with Crippen LogP contribution in [0.2, 0.25) is 0 Å². The van der Waals surface area contributed by atoms with Crippen molar-refractivity contribution in [2.45, 2.75) is 12.7 Å². The summed E-state index contributed by atoms with van der Waals surface area (Å²) in [6.07, 6.45) is -2.77. The molecule has 0 aliphatic heterocycles. The second-order valence-corrected chi connectivity index (χ2v) is 6.61. The van der Waals surface area contributed by atoms with Crippen LogP contribution < -0.4 is 4.90 Å². The van der Waals surface area contributed by atoms with E-state index in [0.29, 0.717) is 0 Å². The van der Waals surface area contributed by atoms with E-state index in [-0.39, 0.29) is 18.1 Å². The van der Waals surface area contributed by atoms with Gasteiger partial charge in [-0.1, -0.05) is 24.3 Å². The highest BCUT2D eigenvalue weighted by atomic mass is 19.4. The molecule has 0 saturated heterocycles. The second-order valence-electron chi connectivity index (χ2n) is 6.61. The highest BCUT2D eigenvalue weighted by molar-refractivity contribution is 6.07. The number of aryl methyl sites for hydroxylation is 1. The normalized spacial score (nSPS) is 12.0. The van der Waals surface area contributed by atoms with Crippen molar-refractivity contribution in [1.82, 2.24) is 14.3 Å². The highest BCUT2D eigenvalue weighted by Crippen LogP contribution is 2.32. The summed E-state index contributed by atoms with van der Waals surface area (Å²) in [4.78, 5) is 14.1. The molecular weight excluding hydrogens is 369 g/mol. The van der Waals surface area contributed by atoms with Gasteiger partial charge in [0, 0.05) is 25.2 Å². The molecule has 4 aromatic rings. The first-order valence-corrected chi connectivity index (χ1v) is 8.60. The number of rotatable bonds is 3. The maximum Gasteiger partial charge on any atom is 0.416 e. The Morgan fingerprint density at radius 3 is 2.61 bits per heavy atom. The Morgan fingerprint density at radius 2 is 1.86 bits per heavy atom. The molecule has 0 bridgehead atoms. The lowest BCUT2D eigenvalue weighted by atomic mass is 10.2. The second kappa shape index (κ2) is 6.40. The first kappa shape index (κ1) is 18.1. The van der Waals surface area contributed by atoms with Crippen LogP contribution in [0.25, 0.3) is 21.9 Å². The average Bonchev–Trinajstić information content (AvgIpc) is 3.20. The Labute approximate surface area is 158 Å². The smallest absolute Gasteiger partial charge is 0.328 e. The van der Waals surface area contributed by atoms with E-state index in [0.717, 1.165) is 34.1 Å². The maximum absolute atomic E-state index is 13.0. The number of aromatic nitrogens is 3. The lowest BCUT2D eigenvalue weighted by Gasteiger charge is -2.19. The summed E-state index contributed by atoms with van der Waals surface area (Å²) in [7, 11) is 3.31. The van der Waals surface area contributed by atoms with Gasteiger partial charge in [-0.3, -0.25) is 9.48 Å². The number of amides is 1. The van der Waals surface area contributed by atoms with E-state index in [4.69, 9.17) is 0 Å². The zero-order chi connectivity index (χ0) is 20.1. The number of nitrogens with zero attached hydrogens (tertiary/aromatic N) is 4. The molecule has 0 unspecified atom stereocenters. The molecule has 0 N–H and O–H groups in total. The van der Waals surface area contributed by atoms with Crippen molar-refractivity contribution in [3.05, 3.63) is 60.3 Å². The van der Waals surface area contributed by atoms with Gasteiger partial charge in [-0.2, -0.15) is 18.3 Å². The molecule has 2 heterocycles. The van der Waals surface area contributed by atoms with Crippen molar-refractivity contribution in [3.8, 4) is 0 Å². The van der Waals surface area contributed by atoms with Crippen LogP contribution in [0.3, 0.4) is 0 Å². The zero-order valence-electron chi connectivity index (χ0n) is 15.2. The number of hydrogen-bond donors (Lipinski definition) is 0. The number of hydrogen-bond acceptors (Lipinski definition) is 2. The SMILES string of the molecule is CN(C(=O)Cn1c2ccccc2c2c1cnn2C)c1cccc(C(F)(F)F)c1. The van der Waals surface area contributed by atoms with E-state index < -0.39 is 11.7 Å². The number of carbonyl (C=O) groups excluding carboxylic acids is 1. The Kier molecular flexibility index (Phi) is 4.14. The summed E-state index contributed by atoms with van der Waals surface area (Å²) >= 11 is 0. The molecule has 0 aliphatic rings. The Bertz CT molecular complexity index is 1190. The van der Waals surface area contributed by atoms with E-state index in [2.05, 4.69) is 5.10 Å². The molecule has 0 fully saturated rings. The van der Waals surface area contributed by atoms with Gasteiger partial charge in [-0.05, 0) is 24.3 Å². The van der Waals surface area contributed by atoms with E-state index in [9.17, 15) is 18.0 Å². The molecule has 5 nitrogen and oxygen atoms in total. The topological polar surface area (TPSA) is 43.1 Å². The first-order chi connectivity index (χ1) is 13.3. The summed E-state index contributed by atoms with van der Waals surface area (Å²) in [5, 5.41) is 5.23. The number of benzene rings is 2. The first-order valence-electron chi connectivity index (χ1n) is 8.60. The standard InChI is InChI=1S/C20H17F3N4O/c1-25(14-7-5-6-13(10-14)20(21,22)23)18(28)12-27-16-9-4-3-8-15(16)19-17(27)11-24-26(19)2/h3-11H,12H2,1-2H3. The number of alkyl halides is 3. The third kappa shape index (κ3) is 2.90. The number of para-hydroxylation sites is 1. The van der Waals surface area contributed by atoms with Crippen LogP contribution in [0.5, 0.6) is 0 Å². The van der Waals surface area contributed by atoms with E-state index in [1.54, 1.807) is 10.9 Å². The van der Waals surface area contributed by atoms with Crippen LogP contribution in [0, 0.1) is 0 Å². The van der Waals surface area contributed by atoms with Crippen molar-refractivity contribution < 1.29 is 18.0 Å². The van der Waals surface area contributed by atoms with Crippen molar-refractivity contribution in [1.29, 1.82) is 0 Å². The van der Waals surface area contributed by atoms with Gasteiger partial charge >= 0.3 is 6.18 Å². The van der Waals surface area contributed by atoms with Crippen LogP contribution >= 0.6 is 0 Å². The molecule has 0 radical (unpaired) electrons. The molecule has 0 spiro atoms. The molecule has 144 valence electrons. The molecule has 28 heavy (non-hydrogen) atoms. The third-order valence-corrected chi connectivity index (χ3v) is 4.89. The molecule has 1 amide bonds. The van der Waals surface area contributed by atoms with Crippen molar-refractivity contribution in [2.24, 2.45) is 7.05 Å². The van der Waals surface area contributed by atoms with E-state index >= 15 is 0 Å². The van der Waals surface area contributed by atoms with Gasteiger partial charge < -0.3 is 9.47 Å². The molecule has 0 atom stereocenters. The molecule has 2 aromatic heterocycles. The number of likely N-dealkylation sites (N-methyl/N-ethyl adjacent to an activating group) is 1. The molecule has 2 aromatic carbocycles. The van der Waals surface area contributed by atoms with Crippen LogP contribution in [-0.2, 0) is 24.6 Å². The van der Waals surface area contributed by atoms with Crippen LogP contribution in [-0.4, -0.2) is 27.3 Å². The summed E-state index contributed by atoms with van der Waals surface area (Å²) in [5.74, 6) is -0.328. The number of carbonyl (C=O) groups is 1. The van der Waals surface area contributed by atoms with Crippen molar-refractivity contribution in [2.75, 3.05) is 11.9 Å². The highest BCUT2D eigenvalue weighted by Gasteiger charge is 2.31. The van der Waals surface area contributed by atoms with Gasteiger partial charge in [-0.25, -0.2) is 0 Å². The van der Waals surface area contributed by atoms with Crippen LogP contribution in [0.4, 0.5) is 18.9 Å². The van der Waals surface area contributed by atoms with Crippen molar-refractivity contribution in [3.63, 3.8) is 0 Å². The monoisotopic (exact) mass is 386 g/mol. The van der Waals surface area contributed by atoms with Crippen LogP contribution in [0.15, 0.2) is 54.7 Å². The lowest BCUT2D eigenvalue weighted by molar-refractivity contribution is -0.137. The van der Waals surface area contributed by atoms with Gasteiger partial charge in [0.1, 0.15) is 6.54 Å². The van der Waals surface area contributed by atoms with Gasteiger partial charge in [-0.15, -0.1) is 0 Å². The lowest BCUT2D eigenvalue weighted by Crippen LogP contribution is -2.30. The summed E-state index contributed by atoms with van der Waals surface area (Å²) in [5.41, 5.74) is 1.99. The minimum atomic E-state index is -4.46. The summed E-state index contributed by atoms with van der Waals surface area (Å²) < 4.78 is 42.5. The fourth-order valence-corrected chi connectivity index (χ4v) is 3.42. The number of fused-ring (bicyclic) bond motifs is 3. The molecule has 0 saturated carbocycles. The Balaban J connectivity index is 1.71. The number of halogens is 3. The predicted molar refractivity (Wildman–Crippen MR) is 101 cm³/mol. The fourth-order valence-electron chi connectivity index (χ4n) is 3.42. The summed E-state index contributed by atoms with van der Waals surface area (Å²) in [6.45, 7) is -0.0115. The summed E-state index contributed by atoms with van der Waals surface area (Å²) in [6, 6.07) is 12.4. The Morgan fingerprint density at radius 1 is 1.11 bits per heavy atom. The average molecular weight is 386 g/mol. The Hall–Kier alpha value is -3.29. The van der Waals surface area contributed by atoms with Gasteiger partial charge in [0.05, 0.1) is 28.3 Å². The molecule has 8 heteroatoms.